The minimum atomic E-state index is -0.590. The van der Waals surface area contributed by atoms with Gasteiger partial charge in [-0.15, -0.1) is 0 Å². The number of rotatable bonds is 3. The highest BCUT2D eigenvalue weighted by atomic mass is 16.5. The van der Waals surface area contributed by atoms with Gasteiger partial charge in [-0.1, -0.05) is 0 Å². The van der Waals surface area contributed by atoms with E-state index in [1.807, 2.05) is 0 Å². The van der Waals surface area contributed by atoms with Crippen LogP contribution in [0, 0.1) is 5.41 Å². The summed E-state index contributed by atoms with van der Waals surface area (Å²) in [7, 11) is 1.38. The molecular formula is C9H15N3O2. The van der Waals surface area contributed by atoms with Crippen molar-refractivity contribution in [2.45, 2.75) is 20.4 Å². The molecule has 1 aromatic heterocycles. The fourth-order valence-corrected chi connectivity index (χ4v) is 1.21. The Morgan fingerprint density at radius 3 is 2.79 bits per heavy atom. The summed E-state index contributed by atoms with van der Waals surface area (Å²) in [6.07, 6.45) is 1.74. The normalized spacial score (nSPS) is 11.4. The number of hydrogen-bond acceptors (Lipinski definition) is 4. The second kappa shape index (κ2) is 3.69. The van der Waals surface area contributed by atoms with Crippen LogP contribution in [-0.2, 0) is 16.1 Å². The van der Waals surface area contributed by atoms with Crippen LogP contribution in [0.2, 0.25) is 0 Å². The van der Waals surface area contributed by atoms with Crippen molar-refractivity contribution >= 4 is 11.8 Å². The number of carbonyl (C=O) groups excluding carboxylic acids is 1. The number of hydrogen-bond donors (Lipinski definition) is 1. The molecule has 2 N–H and O–H groups in total. The average Bonchev–Trinajstić information content (AvgIpc) is 2.48. The lowest BCUT2D eigenvalue weighted by atomic mass is 9.94. The predicted molar refractivity (Wildman–Crippen MR) is 52.4 cm³/mol. The Kier molecular flexibility index (Phi) is 2.78. The molecule has 0 fully saturated rings. The Bertz CT molecular complexity index is 331. The molecule has 0 amide bonds. The van der Waals surface area contributed by atoms with Crippen LogP contribution in [0.3, 0.4) is 0 Å². The SMILES string of the molecule is COC(=O)C(C)(C)Cn1ccc(N)n1. The summed E-state index contributed by atoms with van der Waals surface area (Å²) < 4.78 is 6.31. The van der Waals surface area contributed by atoms with E-state index in [0.717, 1.165) is 0 Å². The van der Waals surface area contributed by atoms with E-state index in [-0.39, 0.29) is 5.97 Å². The second-order valence-electron chi connectivity index (χ2n) is 3.81. The maximum absolute atomic E-state index is 11.4. The molecular weight excluding hydrogens is 182 g/mol. The van der Waals surface area contributed by atoms with E-state index in [2.05, 4.69) is 9.84 Å². The van der Waals surface area contributed by atoms with Crippen molar-refractivity contribution in [2.75, 3.05) is 12.8 Å². The molecule has 5 nitrogen and oxygen atoms in total. The topological polar surface area (TPSA) is 70.1 Å². The molecule has 0 aliphatic heterocycles. The van der Waals surface area contributed by atoms with Crippen molar-refractivity contribution in [2.24, 2.45) is 5.41 Å². The molecule has 0 unspecified atom stereocenters. The van der Waals surface area contributed by atoms with E-state index in [9.17, 15) is 4.79 Å². The van der Waals surface area contributed by atoms with Gasteiger partial charge in [-0.05, 0) is 19.9 Å². The summed E-state index contributed by atoms with van der Waals surface area (Å²) in [5.41, 5.74) is 4.87. The van der Waals surface area contributed by atoms with Crippen molar-refractivity contribution in [1.29, 1.82) is 0 Å². The Morgan fingerprint density at radius 1 is 1.71 bits per heavy atom. The minimum Gasteiger partial charge on any atom is -0.469 e. The minimum absolute atomic E-state index is 0.258. The molecule has 0 radical (unpaired) electrons. The third-order valence-electron chi connectivity index (χ3n) is 1.96. The number of ether oxygens (including phenoxy) is 1. The standard InChI is InChI=1S/C9H15N3O2/c1-9(2,8(13)14-3)6-12-5-4-7(10)11-12/h4-5H,6H2,1-3H3,(H2,10,11). The highest BCUT2D eigenvalue weighted by Gasteiger charge is 2.29. The third-order valence-corrected chi connectivity index (χ3v) is 1.96. The Hall–Kier alpha value is -1.52. The molecule has 0 aliphatic carbocycles. The number of anilines is 1. The zero-order valence-electron chi connectivity index (χ0n) is 8.65. The van der Waals surface area contributed by atoms with Crippen LogP contribution < -0.4 is 5.73 Å². The van der Waals surface area contributed by atoms with E-state index in [1.165, 1.54) is 7.11 Å². The van der Waals surface area contributed by atoms with Crippen LogP contribution in [0.4, 0.5) is 5.82 Å². The van der Waals surface area contributed by atoms with Gasteiger partial charge in [0.25, 0.3) is 0 Å². The first-order valence-corrected chi connectivity index (χ1v) is 4.33. The molecule has 0 bridgehead atoms. The van der Waals surface area contributed by atoms with Crippen molar-refractivity contribution < 1.29 is 9.53 Å². The highest BCUT2D eigenvalue weighted by Crippen LogP contribution is 2.19. The smallest absolute Gasteiger partial charge is 0.313 e. The first kappa shape index (κ1) is 10.6. The quantitative estimate of drug-likeness (QED) is 0.723. The van der Waals surface area contributed by atoms with Gasteiger partial charge in [0.2, 0.25) is 0 Å². The van der Waals surface area contributed by atoms with Gasteiger partial charge in [0.1, 0.15) is 5.82 Å². The zero-order chi connectivity index (χ0) is 10.8. The number of nitrogens with zero attached hydrogens (tertiary/aromatic N) is 2. The summed E-state index contributed by atoms with van der Waals surface area (Å²) in [4.78, 5) is 11.4. The number of carbonyl (C=O) groups is 1. The van der Waals surface area contributed by atoms with E-state index >= 15 is 0 Å². The lowest BCUT2D eigenvalue weighted by molar-refractivity contribution is -0.151. The van der Waals surface area contributed by atoms with E-state index < -0.39 is 5.41 Å². The summed E-state index contributed by atoms with van der Waals surface area (Å²) in [5.74, 6) is 0.192. The van der Waals surface area contributed by atoms with Crippen molar-refractivity contribution in [3.05, 3.63) is 12.3 Å². The molecule has 0 spiro atoms. The molecule has 1 aromatic rings. The van der Waals surface area contributed by atoms with Gasteiger partial charge in [0.15, 0.2) is 0 Å². The van der Waals surface area contributed by atoms with Crippen LogP contribution in [0.25, 0.3) is 0 Å². The summed E-state index contributed by atoms with van der Waals surface area (Å²) >= 11 is 0. The lowest BCUT2D eigenvalue weighted by Gasteiger charge is -2.20. The van der Waals surface area contributed by atoms with Crippen molar-refractivity contribution in [3.63, 3.8) is 0 Å². The molecule has 0 aromatic carbocycles. The van der Waals surface area contributed by atoms with E-state index in [1.54, 1.807) is 30.8 Å². The van der Waals surface area contributed by atoms with E-state index in [0.29, 0.717) is 12.4 Å². The lowest BCUT2D eigenvalue weighted by Crippen LogP contribution is -2.30. The van der Waals surface area contributed by atoms with Gasteiger partial charge >= 0.3 is 5.97 Å². The van der Waals surface area contributed by atoms with Crippen molar-refractivity contribution in [1.82, 2.24) is 9.78 Å². The fraction of sp³-hybridized carbons (Fsp3) is 0.556. The third kappa shape index (κ3) is 2.25. The second-order valence-corrected chi connectivity index (χ2v) is 3.81. The van der Waals surface area contributed by atoms with Gasteiger partial charge < -0.3 is 10.5 Å². The van der Waals surface area contributed by atoms with Crippen LogP contribution >= 0.6 is 0 Å². The molecule has 5 heteroatoms. The maximum Gasteiger partial charge on any atom is 0.313 e. The fourth-order valence-electron chi connectivity index (χ4n) is 1.21. The molecule has 0 aliphatic rings. The Morgan fingerprint density at radius 2 is 2.36 bits per heavy atom. The number of nitrogens with two attached hydrogens (primary N) is 1. The zero-order valence-corrected chi connectivity index (χ0v) is 8.65. The van der Waals surface area contributed by atoms with Crippen LogP contribution in [0.5, 0.6) is 0 Å². The molecule has 1 rings (SSSR count). The van der Waals surface area contributed by atoms with Crippen LogP contribution in [0.1, 0.15) is 13.8 Å². The molecule has 0 saturated heterocycles. The number of methoxy groups -OCH3 is 1. The monoisotopic (exact) mass is 197 g/mol. The first-order valence-electron chi connectivity index (χ1n) is 4.33. The van der Waals surface area contributed by atoms with Crippen molar-refractivity contribution in [3.8, 4) is 0 Å². The van der Waals surface area contributed by atoms with E-state index in [4.69, 9.17) is 5.73 Å². The Balaban J connectivity index is 2.72. The molecule has 0 saturated carbocycles. The summed E-state index contributed by atoms with van der Waals surface area (Å²) in [6, 6.07) is 1.69. The van der Waals surface area contributed by atoms with Gasteiger partial charge in [0.05, 0.1) is 19.1 Å². The maximum atomic E-state index is 11.4. The summed E-state index contributed by atoms with van der Waals surface area (Å²) in [5, 5.41) is 4.00. The number of esters is 1. The van der Waals surface area contributed by atoms with Crippen LogP contribution in [-0.4, -0.2) is 22.9 Å². The van der Waals surface area contributed by atoms with Gasteiger partial charge in [-0.25, -0.2) is 0 Å². The number of aromatic nitrogens is 2. The molecule has 0 atom stereocenters. The van der Waals surface area contributed by atoms with Crippen LogP contribution in [0.15, 0.2) is 12.3 Å². The Labute approximate surface area is 82.8 Å². The van der Waals surface area contributed by atoms with Gasteiger partial charge in [0, 0.05) is 6.20 Å². The largest absolute Gasteiger partial charge is 0.469 e. The molecule has 14 heavy (non-hydrogen) atoms. The number of nitrogen functional groups attached to an aromatic ring is 1. The first-order chi connectivity index (χ1) is 6.45. The van der Waals surface area contributed by atoms with Gasteiger partial charge in [-0.3, -0.25) is 9.48 Å². The molecule has 1 heterocycles. The highest BCUT2D eigenvalue weighted by molar-refractivity contribution is 5.75. The predicted octanol–water partition coefficient (Wildman–Crippen LogP) is 0.664. The summed E-state index contributed by atoms with van der Waals surface area (Å²) in [6.45, 7) is 4.06. The van der Waals surface area contributed by atoms with Gasteiger partial charge in [-0.2, -0.15) is 5.10 Å². The molecule has 78 valence electrons. The average molecular weight is 197 g/mol.